The lowest BCUT2D eigenvalue weighted by atomic mass is 10.1. The zero-order valence-corrected chi connectivity index (χ0v) is 12.8. The van der Waals surface area contributed by atoms with Crippen LogP contribution in [0.4, 0.5) is 0 Å². The molecule has 0 saturated carbocycles. The van der Waals surface area contributed by atoms with Crippen molar-refractivity contribution in [3.63, 3.8) is 0 Å². The SMILES string of the molecule is Cc1ccc(CNC(=O)CNCc2ccccc2Cl)cc1. The van der Waals surface area contributed by atoms with E-state index in [4.69, 9.17) is 11.6 Å². The van der Waals surface area contributed by atoms with Crippen LogP contribution in [0.25, 0.3) is 0 Å². The molecule has 0 unspecified atom stereocenters. The fourth-order valence-electron chi connectivity index (χ4n) is 1.92. The number of carbonyl (C=O) groups is 1. The van der Waals surface area contributed by atoms with Crippen molar-refractivity contribution in [2.45, 2.75) is 20.0 Å². The van der Waals surface area contributed by atoms with Gasteiger partial charge in [-0.2, -0.15) is 0 Å². The van der Waals surface area contributed by atoms with E-state index in [1.807, 2.05) is 55.5 Å². The maximum absolute atomic E-state index is 11.8. The molecule has 2 N–H and O–H groups in total. The molecule has 1 amide bonds. The summed E-state index contributed by atoms with van der Waals surface area (Å²) in [5, 5.41) is 6.69. The molecular formula is C17H19ClN2O. The lowest BCUT2D eigenvalue weighted by Gasteiger charge is -2.08. The average molecular weight is 303 g/mol. The third-order valence-electron chi connectivity index (χ3n) is 3.17. The van der Waals surface area contributed by atoms with Crippen LogP contribution in [0.15, 0.2) is 48.5 Å². The van der Waals surface area contributed by atoms with Crippen molar-refractivity contribution in [1.29, 1.82) is 0 Å². The van der Waals surface area contributed by atoms with Gasteiger partial charge in [0, 0.05) is 18.1 Å². The van der Waals surface area contributed by atoms with Gasteiger partial charge in [-0.1, -0.05) is 59.6 Å². The summed E-state index contributed by atoms with van der Waals surface area (Å²) in [4.78, 5) is 11.8. The minimum absolute atomic E-state index is 0.0253. The molecule has 0 saturated heterocycles. The quantitative estimate of drug-likeness (QED) is 0.861. The number of aryl methyl sites for hydroxylation is 1. The summed E-state index contributed by atoms with van der Waals surface area (Å²) >= 11 is 6.05. The Morgan fingerprint density at radius 1 is 1.05 bits per heavy atom. The molecule has 110 valence electrons. The second-order valence-electron chi connectivity index (χ2n) is 4.96. The minimum atomic E-state index is -0.0253. The first-order chi connectivity index (χ1) is 10.1. The van der Waals surface area contributed by atoms with Crippen LogP contribution in [-0.4, -0.2) is 12.5 Å². The molecule has 0 radical (unpaired) electrons. The number of hydrogen-bond acceptors (Lipinski definition) is 2. The standard InChI is InChI=1S/C17H19ClN2O/c1-13-6-8-14(9-7-13)10-20-17(21)12-19-11-15-4-2-3-5-16(15)18/h2-9,19H,10-12H2,1H3,(H,20,21). The molecular weight excluding hydrogens is 284 g/mol. The minimum Gasteiger partial charge on any atom is -0.351 e. The van der Waals surface area contributed by atoms with Crippen molar-refractivity contribution in [2.75, 3.05) is 6.54 Å². The van der Waals surface area contributed by atoms with Crippen molar-refractivity contribution >= 4 is 17.5 Å². The van der Waals surface area contributed by atoms with Gasteiger partial charge in [0.2, 0.25) is 5.91 Å². The number of nitrogens with one attached hydrogen (secondary N) is 2. The number of carbonyl (C=O) groups excluding carboxylic acids is 1. The topological polar surface area (TPSA) is 41.1 Å². The fraction of sp³-hybridized carbons (Fsp3) is 0.235. The summed E-state index contributed by atoms with van der Waals surface area (Å²) in [7, 11) is 0. The van der Waals surface area contributed by atoms with Gasteiger partial charge in [-0.3, -0.25) is 4.79 Å². The normalized spacial score (nSPS) is 10.4. The smallest absolute Gasteiger partial charge is 0.234 e. The first-order valence-corrected chi connectivity index (χ1v) is 7.29. The summed E-state index contributed by atoms with van der Waals surface area (Å²) < 4.78 is 0. The van der Waals surface area contributed by atoms with E-state index in [9.17, 15) is 4.79 Å². The Labute approximate surface area is 130 Å². The third-order valence-corrected chi connectivity index (χ3v) is 3.54. The molecule has 0 spiro atoms. The zero-order valence-electron chi connectivity index (χ0n) is 12.0. The van der Waals surface area contributed by atoms with E-state index in [2.05, 4.69) is 10.6 Å². The van der Waals surface area contributed by atoms with Gasteiger partial charge in [0.25, 0.3) is 0 Å². The van der Waals surface area contributed by atoms with Gasteiger partial charge < -0.3 is 10.6 Å². The Balaban J connectivity index is 1.70. The average Bonchev–Trinajstić information content (AvgIpc) is 2.49. The van der Waals surface area contributed by atoms with Crippen LogP contribution in [0, 0.1) is 6.92 Å². The van der Waals surface area contributed by atoms with Gasteiger partial charge in [-0.15, -0.1) is 0 Å². The molecule has 0 bridgehead atoms. The van der Waals surface area contributed by atoms with E-state index < -0.39 is 0 Å². The lowest BCUT2D eigenvalue weighted by Crippen LogP contribution is -2.33. The van der Waals surface area contributed by atoms with Crippen molar-refractivity contribution in [3.8, 4) is 0 Å². The Kier molecular flexibility index (Phi) is 5.78. The molecule has 4 heteroatoms. The molecule has 0 heterocycles. The molecule has 21 heavy (non-hydrogen) atoms. The molecule has 2 rings (SSSR count). The maximum Gasteiger partial charge on any atom is 0.234 e. The van der Waals surface area contributed by atoms with Crippen molar-refractivity contribution in [3.05, 3.63) is 70.2 Å². The van der Waals surface area contributed by atoms with Gasteiger partial charge in [0.1, 0.15) is 0 Å². The van der Waals surface area contributed by atoms with E-state index in [1.54, 1.807) is 0 Å². The third kappa shape index (κ3) is 5.21. The van der Waals surface area contributed by atoms with E-state index >= 15 is 0 Å². The lowest BCUT2D eigenvalue weighted by molar-refractivity contribution is -0.120. The van der Waals surface area contributed by atoms with Crippen molar-refractivity contribution in [1.82, 2.24) is 10.6 Å². The van der Waals surface area contributed by atoms with E-state index in [1.165, 1.54) is 5.56 Å². The molecule has 0 aliphatic heterocycles. The highest BCUT2D eigenvalue weighted by atomic mass is 35.5. The first kappa shape index (κ1) is 15.5. The Morgan fingerprint density at radius 2 is 1.76 bits per heavy atom. The van der Waals surface area contributed by atoms with E-state index in [-0.39, 0.29) is 12.5 Å². The molecule has 3 nitrogen and oxygen atoms in total. The van der Waals surface area contributed by atoms with Gasteiger partial charge >= 0.3 is 0 Å². The number of halogens is 1. The predicted molar refractivity (Wildman–Crippen MR) is 86.2 cm³/mol. The van der Waals surface area contributed by atoms with Crippen LogP contribution in [0.1, 0.15) is 16.7 Å². The second kappa shape index (κ2) is 7.81. The summed E-state index contributed by atoms with van der Waals surface area (Å²) in [5.41, 5.74) is 3.30. The van der Waals surface area contributed by atoms with E-state index in [0.29, 0.717) is 18.1 Å². The van der Waals surface area contributed by atoms with E-state index in [0.717, 1.165) is 11.1 Å². The monoisotopic (exact) mass is 302 g/mol. The van der Waals surface area contributed by atoms with Crippen LogP contribution < -0.4 is 10.6 Å². The van der Waals surface area contributed by atoms with Crippen LogP contribution in [0.5, 0.6) is 0 Å². The highest BCUT2D eigenvalue weighted by Gasteiger charge is 2.02. The number of amides is 1. The zero-order chi connectivity index (χ0) is 15.1. The molecule has 0 aliphatic carbocycles. The largest absolute Gasteiger partial charge is 0.351 e. The predicted octanol–water partition coefficient (Wildman–Crippen LogP) is 3.05. The summed E-state index contributed by atoms with van der Waals surface area (Å²) in [6.07, 6.45) is 0. The van der Waals surface area contributed by atoms with Crippen LogP contribution in [0.2, 0.25) is 5.02 Å². The van der Waals surface area contributed by atoms with Gasteiger partial charge in [-0.05, 0) is 24.1 Å². The first-order valence-electron chi connectivity index (χ1n) is 6.91. The van der Waals surface area contributed by atoms with Gasteiger partial charge in [-0.25, -0.2) is 0 Å². The molecule has 0 aliphatic rings. The highest BCUT2D eigenvalue weighted by Crippen LogP contribution is 2.13. The summed E-state index contributed by atoms with van der Waals surface area (Å²) in [6.45, 7) is 3.45. The van der Waals surface area contributed by atoms with Crippen molar-refractivity contribution in [2.24, 2.45) is 0 Å². The number of benzene rings is 2. The van der Waals surface area contributed by atoms with Crippen LogP contribution in [-0.2, 0) is 17.9 Å². The second-order valence-corrected chi connectivity index (χ2v) is 5.36. The molecule has 0 atom stereocenters. The van der Waals surface area contributed by atoms with Gasteiger partial charge in [0.05, 0.1) is 6.54 Å². The maximum atomic E-state index is 11.8. The molecule has 0 aromatic heterocycles. The van der Waals surface area contributed by atoms with Crippen molar-refractivity contribution < 1.29 is 4.79 Å². The number of hydrogen-bond donors (Lipinski definition) is 2. The fourth-order valence-corrected chi connectivity index (χ4v) is 2.12. The molecule has 0 fully saturated rings. The summed E-state index contributed by atoms with van der Waals surface area (Å²) in [6, 6.07) is 15.7. The Bertz CT molecular complexity index is 596. The van der Waals surface area contributed by atoms with Crippen LogP contribution in [0.3, 0.4) is 0 Å². The van der Waals surface area contributed by atoms with Crippen LogP contribution >= 0.6 is 11.6 Å². The molecule has 2 aromatic rings. The summed E-state index contributed by atoms with van der Waals surface area (Å²) in [5.74, 6) is -0.0253. The molecule has 2 aromatic carbocycles. The van der Waals surface area contributed by atoms with Gasteiger partial charge in [0.15, 0.2) is 0 Å². The highest BCUT2D eigenvalue weighted by molar-refractivity contribution is 6.31. The Morgan fingerprint density at radius 3 is 2.48 bits per heavy atom. The number of rotatable bonds is 6. The Hall–Kier alpha value is -1.84.